The molecule has 10 heteroatoms. The minimum Gasteiger partial charge on any atom is -0.359 e. The molecule has 0 bridgehead atoms. The maximum absolute atomic E-state index is 13.4. The van der Waals surface area contributed by atoms with E-state index in [2.05, 4.69) is 15.6 Å². The maximum atomic E-state index is 13.4. The molecule has 0 saturated heterocycles. The van der Waals surface area contributed by atoms with E-state index in [-0.39, 0.29) is 10.7 Å². The lowest BCUT2D eigenvalue weighted by Crippen LogP contribution is -2.37. The number of carbonyl (C=O) groups is 1. The number of pyridine rings is 1. The third kappa shape index (κ3) is 3.11. The molecule has 148 valence electrons. The number of carbonyl (C=O) groups excluding carboxylic acids is 1. The summed E-state index contributed by atoms with van der Waals surface area (Å²) >= 11 is 3.87. The molecular weight excluding hydrogens is 439 g/mol. The van der Waals surface area contributed by atoms with E-state index in [0.29, 0.717) is 26.4 Å². The normalized spacial score (nSPS) is 16.6. The second kappa shape index (κ2) is 6.54. The third-order valence-corrected chi connectivity index (χ3v) is 7.61. The predicted molar refractivity (Wildman–Crippen MR) is 111 cm³/mol. The molecule has 0 spiro atoms. The number of fused-ring (bicyclic) bond motifs is 3. The molecule has 0 unspecified atom stereocenters. The van der Waals surface area contributed by atoms with Gasteiger partial charge in [-0.2, -0.15) is 13.2 Å². The molecule has 4 aromatic heterocycles. The molecule has 2 N–H and O–H groups in total. The van der Waals surface area contributed by atoms with Gasteiger partial charge in [0.05, 0.1) is 5.69 Å². The van der Waals surface area contributed by atoms with Crippen molar-refractivity contribution in [2.45, 2.75) is 19.3 Å². The van der Waals surface area contributed by atoms with Gasteiger partial charge in [0.1, 0.15) is 21.6 Å². The average Bonchev–Trinajstić information content (AvgIpc) is 3.39. The first-order chi connectivity index (χ1) is 13.8. The van der Waals surface area contributed by atoms with Crippen molar-refractivity contribution in [2.75, 3.05) is 5.32 Å². The Morgan fingerprint density at radius 2 is 1.97 bits per heavy atom. The van der Waals surface area contributed by atoms with E-state index < -0.39 is 18.0 Å². The molecule has 4 aromatic rings. The molecule has 29 heavy (non-hydrogen) atoms. The fourth-order valence-corrected chi connectivity index (χ4v) is 5.99. The van der Waals surface area contributed by atoms with Crippen LogP contribution in [0.5, 0.6) is 0 Å². The van der Waals surface area contributed by atoms with E-state index >= 15 is 0 Å². The number of aryl methyl sites for hydroxylation is 1. The zero-order valence-electron chi connectivity index (χ0n) is 14.8. The Labute approximate surface area is 175 Å². The molecule has 1 amide bonds. The number of rotatable bonds is 2. The van der Waals surface area contributed by atoms with Crippen molar-refractivity contribution in [2.24, 2.45) is 0 Å². The molecule has 5 rings (SSSR count). The number of anilines is 1. The van der Waals surface area contributed by atoms with Gasteiger partial charge in [-0.25, -0.2) is 4.98 Å². The fraction of sp³-hybridized carbons (Fsp3) is 0.158. The number of aromatic nitrogens is 1. The molecule has 0 aromatic carbocycles. The molecular formula is C19H12F3N3OS3. The SMILES string of the molecule is Cc1ccc([C@@H]2NC(=O)c3sc4nc(C(F)(F)F)cc(-c5cccs5)c4c3N2)s1. The smallest absolute Gasteiger partial charge is 0.359 e. The fourth-order valence-electron chi connectivity index (χ4n) is 3.30. The van der Waals surface area contributed by atoms with Crippen molar-refractivity contribution in [3.05, 3.63) is 56.0 Å². The van der Waals surface area contributed by atoms with Crippen LogP contribution in [-0.4, -0.2) is 10.9 Å². The Balaban J connectivity index is 1.74. The lowest BCUT2D eigenvalue weighted by Gasteiger charge is -2.25. The molecule has 0 saturated carbocycles. The second-order valence-electron chi connectivity index (χ2n) is 6.52. The Hall–Kier alpha value is -2.43. The number of thiophene rings is 3. The van der Waals surface area contributed by atoms with Crippen LogP contribution >= 0.6 is 34.0 Å². The topological polar surface area (TPSA) is 54.0 Å². The summed E-state index contributed by atoms with van der Waals surface area (Å²) in [4.78, 5) is 19.8. The third-order valence-electron chi connectivity index (χ3n) is 4.56. The van der Waals surface area contributed by atoms with Crippen molar-refractivity contribution < 1.29 is 18.0 Å². The molecule has 4 nitrogen and oxygen atoms in total. The number of alkyl halides is 3. The predicted octanol–water partition coefficient (Wildman–Crippen LogP) is 6.27. The van der Waals surface area contributed by atoms with Gasteiger partial charge in [-0.1, -0.05) is 6.07 Å². The molecule has 0 aliphatic carbocycles. The lowest BCUT2D eigenvalue weighted by molar-refractivity contribution is -0.140. The van der Waals surface area contributed by atoms with Crippen molar-refractivity contribution in [1.29, 1.82) is 0 Å². The summed E-state index contributed by atoms with van der Waals surface area (Å²) in [5, 5.41) is 8.56. The van der Waals surface area contributed by atoms with Gasteiger partial charge in [0.15, 0.2) is 0 Å². The number of amides is 1. The zero-order chi connectivity index (χ0) is 20.3. The van der Waals surface area contributed by atoms with Gasteiger partial charge >= 0.3 is 6.18 Å². The Morgan fingerprint density at radius 3 is 2.62 bits per heavy atom. The molecule has 0 fully saturated rings. The summed E-state index contributed by atoms with van der Waals surface area (Å²) in [6, 6.07) is 8.52. The summed E-state index contributed by atoms with van der Waals surface area (Å²) < 4.78 is 40.3. The Kier molecular flexibility index (Phi) is 4.19. The highest BCUT2D eigenvalue weighted by Crippen LogP contribution is 2.46. The monoisotopic (exact) mass is 451 g/mol. The van der Waals surface area contributed by atoms with E-state index in [9.17, 15) is 18.0 Å². The van der Waals surface area contributed by atoms with Crippen molar-refractivity contribution >= 4 is 55.8 Å². The van der Waals surface area contributed by atoms with Crippen LogP contribution in [0.4, 0.5) is 18.9 Å². The molecule has 0 radical (unpaired) electrons. The summed E-state index contributed by atoms with van der Waals surface area (Å²) in [6.07, 6.45) is -5.01. The highest BCUT2D eigenvalue weighted by atomic mass is 32.1. The highest BCUT2D eigenvalue weighted by Gasteiger charge is 2.36. The van der Waals surface area contributed by atoms with E-state index in [1.165, 1.54) is 11.3 Å². The molecule has 1 aliphatic rings. The van der Waals surface area contributed by atoms with Crippen molar-refractivity contribution in [3.8, 4) is 10.4 Å². The number of hydrogen-bond donors (Lipinski definition) is 2. The Bertz CT molecular complexity index is 1240. The molecule has 5 heterocycles. The van der Waals surface area contributed by atoms with Crippen LogP contribution in [0, 0.1) is 6.92 Å². The van der Waals surface area contributed by atoms with Crippen LogP contribution in [0.1, 0.15) is 31.3 Å². The van der Waals surface area contributed by atoms with E-state index in [1.807, 2.05) is 24.4 Å². The van der Waals surface area contributed by atoms with Crippen LogP contribution in [0.2, 0.25) is 0 Å². The van der Waals surface area contributed by atoms with Gasteiger partial charge in [-0.15, -0.1) is 34.0 Å². The number of nitrogens with zero attached hydrogens (tertiary/aromatic N) is 1. The average molecular weight is 452 g/mol. The van der Waals surface area contributed by atoms with Crippen LogP contribution in [0.3, 0.4) is 0 Å². The van der Waals surface area contributed by atoms with E-state index in [4.69, 9.17) is 0 Å². The van der Waals surface area contributed by atoms with Gasteiger partial charge in [-0.3, -0.25) is 4.79 Å². The first-order valence-corrected chi connectivity index (χ1v) is 11.0. The number of nitrogens with one attached hydrogen (secondary N) is 2. The van der Waals surface area contributed by atoms with E-state index in [1.54, 1.807) is 23.5 Å². The first-order valence-electron chi connectivity index (χ1n) is 8.53. The zero-order valence-corrected chi connectivity index (χ0v) is 17.2. The number of hydrogen-bond acceptors (Lipinski definition) is 6. The summed E-state index contributed by atoms with van der Waals surface area (Å²) in [6.45, 7) is 1.97. The van der Waals surface area contributed by atoms with E-state index in [0.717, 1.165) is 27.2 Å². The standard InChI is InChI=1S/C19H12F3N3OS3/c1-8-4-5-11(28-8)16-24-14-13-9(10-3-2-6-27-10)7-12(19(20,21)22)23-18(13)29-15(14)17(26)25-16/h2-7,16,24H,1H3,(H,25,26)/t16-/m0/s1. The summed E-state index contributed by atoms with van der Waals surface area (Å²) in [5.74, 6) is -0.316. The maximum Gasteiger partial charge on any atom is 0.433 e. The van der Waals surface area contributed by atoms with Crippen LogP contribution < -0.4 is 10.6 Å². The van der Waals surface area contributed by atoms with Gasteiger partial charge in [0, 0.05) is 25.6 Å². The van der Waals surface area contributed by atoms with Crippen LogP contribution in [0.15, 0.2) is 35.7 Å². The van der Waals surface area contributed by atoms with Crippen molar-refractivity contribution in [3.63, 3.8) is 0 Å². The van der Waals surface area contributed by atoms with Crippen LogP contribution in [0.25, 0.3) is 20.7 Å². The number of halogens is 3. The van der Waals surface area contributed by atoms with Gasteiger partial charge in [0.25, 0.3) is 5.91 Å². The molecule has 1 aliphatic heterocycles. The van der Waals surface area contributed by atoms with Gasteiger partial charge < -0.3 is 10.6 Å². The summed E-state index contributed by atoms with van der Waals surface area (Å²) in [5.41, 5.74) is 0.00500. The highest BCUT2D eigenvalue weighted by molar-refractivity contribution is 7.21. The van der Waals surface area contributed by atoms with Crippen LogP contribution in [-0.2, 0) is 6.18 Å². The van der Waals surface area contributed by atoms with Crippen molar-refractivity contribution in [1.82, 2.24) is 10.3 Å². The second-order valence-corrected chi connectivity index (χ2v) is 9.78. The Morgan fingerprint density at radius 1 is 1.14 bits per heavy atom. The van der Waals surface area contributed by atoms with Gasteiger partial charge in [0.2, 0.25) is 0 Å². The summed E-state index contributed by atoms with van der Waals surface area (Å²) in [7, 11) is 0. The van der Waals surface area contributed by atoms with Gasteiger partial charge in [-0.05, 0) is 36.6 Å². The minimum absolute atomic E-state index is 0.193. The minimum atomic E-state index is -4.57. The molecule has 1 atom stereocenters. The lowest BCUT2D eigenvalue weighted by atomic mass is 10.1. The first kappa shape index (κ1) is 18.6. The largest absolute Gasteiger partial charge is 0.433 e. The quantitative estimate of drug-likeness (QED) is 0.378.